The highest BCUT2D eigenvalue weighted by Gasteiger charge is 2.28. The average molecular weight is 618 g/mol. The quantitative estimate of drug-likeness (QED) is 0.234. The van der Waals surface area contributed by atoms with Gasteiger partial charge in [0.15, 0.2) is 0 Å². The first kappa shape index (κ1) is 28.8. The first-order valence-electron chi connectivity index (χ1n) is 15.1. The van der Waals surface area contributed by atoms with Gasteiger partial charge in [-0.15, -0.1) is 0 Å². The number of hydrogen-bond acceptors (Lipinski definition) is 5. The molecule has 7 rings (SSSR count). The first-order chi connectivity index (χ1) is 21.4. The van der Waals surface area contributed by atoms with Crippen LogP contribution in [0.15, 0.2) is 65.5 Å². The van der Waals surface area contributed by atoms with E-state index in [1.807, 2.05) is 28.8 Å². The Labute approximate surface area is 258 Å². The topological polar surface area (TPSA) is 94.5 Å². The van der Waals surface area contributed by atoms with Crippen LogP contribution in [0.2, 0.25) is 5.02 Å². The molecule has 0 aliphatic carbocycles. The van der Waals surface area contributed by atoms with E-state index in [4.69, 9.17) is 21.3 Å². The molecular formula is C33H33ClFN5O4. The molecule has 1 atom stereocenters. The summed E-state index contributed by atoms with van der Waals surface area (Å²) in [5, 5.41) is 9.89. The van der Waals surface area contributed by atoms with Crippen LogP contribution in [-0.2, 0) is 30.8 Å². The summed E-state index contributed by atoms with van der Waals surface area (Å²) >= 11 is 5.92. The Bertz CT molecular complexity index is 1920. The van der Waals surface area contributed by atoms with Gasteiger partial charge in [-0.1, -0.05) is 29.8 Å². The predicted octanol–water partition coefficient (Wildman–Crippen LogP) is 5.51. The number of para-hydroxylation sites is 2. The zero-order valence-corrected chi connectivity index (χ0v) is 24.9. The highest BCUT2D eigenvalue weighted by molar-refractivity contribution is 6.30. The molecule has 0 saturated carbocycles. The maximum Gasteiger partial charge on any atom is 0.335 e. The molecule has 0 bridgehead atoms. The Kier molecular flexibility index (Phi) is 7.74. The number of rotatable bonds is 9. The Morgan fingerprint density at radius 3 is 2.48 bits per heavy atom. The summed E-state index contributed by atoms with van der Waals surface area (Å²) in [6, 6.07) is 17.6. The number of likely N-dealkylation sites (tertiary alicyclic amines) is 1. The zero-order chi connectivity index (χ0) is 30.4. The number of hydrogen-bond donors (Lipinski definition) is 1. The van der Waals surface area contributed by atoms with Crippen molar-refractivity contribution >= 4 is 39.6 Å². The lowest BCUT2D eigenvalue weighted by Gasteiger charge is -2.33. The number of benzene rings is 3. The number of aromatic nitrogens is 4. The van der Waals surface area contributed by atoms with E-state index in [1.54, 1.807) is 34.9 Å². The van der Waals surface area contributed by atoms with Crippen LogP contribution >= 0.6 is 11.6 Å². The van der Waals surface area contributed by atoms with E-state index < -0.39 is 5.97 Å². The third-order valence-corrected chi connectivity index (χ3v) is 9.27. The predicted molar refractivity (Wildman–Crippen MR) is 166 cm³/mol. The number of aryl methyl sites for hydroxylation is 2. The number of carboxylic acids is 1. The van der Waals surface area contributed by atoms with Crippen LogP contribution < -0.4 is 5.69 Å². The van der Waals surface area contributed by atoms with Gasteiger partial charge in [-0.25, -0.2) is 19.0 Å². The Balaban J connectivity index is 1.10. The highest BCUT2D eigenvalue weighted by atomic mass is 35.5. The summed E-state index contributed by atoms with van der Waals surface area (Å²) in [5.41, 5.74) is 4.02. The third-order valence-electron chi connectivity index (χ3n) is 9.03. The van der Waals surface area contributed by atoms with Crippen LogP contribution in [-0.4, -0.2) is 60.5 Å². The smallest absolute Gasteiger partial charge is 0.335 e. The normalized spacial score (nSPS) is 17.8. The van der Waals surface area contributed by atoms with Crippen LogP contribution in [0.1, 0.15) is 47.1 Å². The fraction of sp³-hybridized carbons (Fsp3) is 0.364. The average Bonchev–Trinajstić information content (AvgIpc) is 3.47. The van der Waals surface area contributed by atoms with Crippen molar-refractivity contribution in [2.24, 2.45) is 0 Å². The van der Waals surface area contributed by atoms with Gasteiger partial charge >= 0.3 is 11.7 Å². The first-order valence-corrected chi connectivity index (χ1v) is 15.4. The van der Waals surface area contributed by atoms with Gasteiger partial charge in [-0.2, -0.15) is 0 Å². The van der Waals surface area contributed by atoms with Gasteiger partial charge in [-0.05, 0) is 73.7 Å². The fourth-order valence-electron chi connectivity index (χ4n) is 6.56. The van der Waals surface area contributed by atoms with Crippen molar-refractivity contribution in [3.8, 4) is 0 Å². The van der Waals surface area contributed by atoms with Gasteiger partial charge in [0.05, 0.1) is 46.8 Å². The van der Waals surface area contributed by atoms with Crippen LogP contribution in [0.25, 0.3) is 22.1 Å². The number of piperidine rings is 1. The molecule has 1 N–H and O–H groups in total. The van der Waals surface area contributed by atoms with Crippen molar-refractivity contribution in [1.82, 2.24) is 23.6 Å². The number of aromatic carboxylic acids is 1. The summed E-state index contributed by atoms with van der Waals surface area (Å²) in [5.74, 6) is -0.436. The number of carboxylic acid groups (broad SMARTS) is 1. The van der Waals surface area contributed by atoms with Gasteiger partial charge in [-0.3, -0.25) is 14.0 Å². The van der Waals surface area contributed by atoms with Gasteiger partial charge in [0, 0.05) is 37.3 Å². The van der Waals surface area contributed by atoms with E-state index in [1.165, 1.54) is 6.07 Å². The summed E-state index contributed by atoms with van der Waals surface area (Å²) in [6.45, 7) is 3.95. The summed E-state index contributed by atoms with van der Waals surface area (Å²) < 4.78 is 25.9. The third kappa shape index (κ3) is 5.42. The number of fused-ring (bicyclic) bond motifs is 2. The van der Waals surface area contributed by atoms with E-state index >= 15 is 0 Å². The Morgan fingerprint density at radius 1 is 1.00 bits per heavy atom. The number of carbonyl (C=O) groups is 1. The zero-order valence-electron chi connectivity index (χ0n) is 24.2. The lowest BCUT2D eigenvalue weighted by molar-refractivity contribution is -0.0592. The molecule has 0 amide bonds. The van der Waals surface area contributed by atoms with Crippen molar-refractivity contribution in [2.45, 2.75) is 57.5 Å². The van der Waals surface area contributed by atoms with E-state index in [0.717, 1.165) is 66.9 Å². The van der Waals surface area contributed by atoms with Crippen LogP contribution in [0.4, 0.5) is 4.39 Å². The Hall–Kier alpha value is -3.99. The summed E-state index contributed by atoms with van der Waals surface area (Å²) in [7, 11) is 0. The second kappa shape index (κ2) is 11.8. The van der Waals surface area contributed by atoms with E-state index in [9.17, 15) is 19.1 Å². The van der Waals surface area contributed by atoms with E-state index in [0.29, 0.717) is 36.6 Å². The van der Waals surface area contributed by atoms with Crippen molar-refractivity contribution in [2.75, 3.05) is 19.7 Å². The van der Waals surface area contributed by atoms with Gasteiger partial charge in [0.25, 0.3) is 0 Å². The van der Waals surface area contributed by atoms with E-state index in [-0.39, 0.29) is 29.2 Å². The highest BCUT2D eigenvalue weighted by Crippen LogP contribution is 2.29. The molecule has 2 aromatic heterocycles. The molecule has 9 nitrogen and oxygen atoms in total. The van der Waals surface area contributed by atoms with Crippen molar-refractivity contribution in [3.05, 3.63) is 98.9 Å². The molecule has 0 spiro atoms. The molecule has 0 radical (unpaired) electrons. The van der Waals surface area contributed by atoms with Gasteiger partial charge in [0.2, 0.25) is 0 Å². The molecule has 2 fully saturated rings. The number of ether oxygens (including phenoxy) is 1. The number of imidazole rings is 2. The second-order valence-corrected chi connectivity index (χ2v) is 12.2. The number of nitrogens with zero attached hydrogens (tertiary/aromatic N) is 5. The lowest BCUT2D eigenvalue weighted by atomic mass is 10.0. The molecule has 228 valence electrons. The minimum Gasteiger partial charge on any atom is -0.478 e. The lowest BCUT2D eigenvalue weighted by Crippen LogP contribution is -2.38. The molecule has 5 aromatic rings. The largest absolute Gasteiger partial charge is 0.478 e. The minimum atomic E-state index is -0.961. The van der Waals surface area contributed by atoms with Crippen molar-refractivity contribution in [3.63, 3.8) is 0 Å². The van der Waals surface area contributed by atoms with E-state index in [2.05, 4.69) is 9.47 Å². The van der Waals surface area contributed by atoms with Crippen molar-refractivity contribution < 1.29 is 19.0 Å². The monoisotopic (exact) mass is 617 g/mol. The maximum atomic E-state index is 14.5. The molecule has 2 aliphatic rings. The standard InChI is InChI=1S/C33H33ClFN5O4/c34-23-7-5-21(26(35)18-23)9-15-38-28-3-1-2-4-29(28)40(33(38)43)24-10-13-37(14-11-24)20-31-36-27-8-6-22(32(41)42)17-30(27)39(31)19-25-12-16-44-25/h1-8,17-18,24-25H,9-16,19-20H2,(H,41,42)/t25-/m0/s1. The van der Waals surface area contributed by atoms with Crippen molar-refractivity contribution in [1.29, 1.82) is 0 Å². The molecular weight excluding hydrogens is 585 g/mol. The van der Waals surface area contributed by atoms with Crippen LogP contribution in [0.5, 0.6) is 0 Å². The Morgan fingerprint density at radius 2 is 1.77 bits per heavy atom. The molecule has 2 aliphatic heterocycles. The summed E-state index contributed by atoms with van der Waals surface area (Å²) in [6.07, 6.45) is 3.06. The molecule has 0 unspecified atom stereocenters. The second-order valence-electron chi connectivity index (χ2n) is 11.7. The molecule has 4 heterocycles. The molecule has 44 heavy (non-hydrogen) atoms. The fourth-order valence-corrected chi connectivity index (χ4v) is 6.71. The van der Waals surface area contributed by atoms with Crippen LogP contribution in [0, 0.1) is 5.82 Å². The summed E-state index contributed by atoms with van der Waals surface area (Å²) in [4.78, 5) is 32.7. The molecule has 3 aromatic carbocycles. The van der Waals surface area contributed by atoms with Gasteiger partial charge in [0.1, 0.15) is 11.6 Å². The van der Waals surface area contributed by atoms with Gasteiger partial charge < -0.3 is 14.4 Å². The SMILES string of the molecule is O=C(O)c1ccc2nc(CN3CCC(n4c(=O)n(CCc5ccc(Cl)cc5F)c5ccccc54)CC3)n(C[C@@H]3CCO3)c2c1. The maximum absolute atomic E-state index is 14.5. The van der Waals surface area contributed by atoms with Crippen LogP contribution in [0.3, 0.4) is 0 Å². The minimum absolute atomic E-state index is 0.0393. The molecule has 11 heteroatoms. The molecule has 2 saturated heterocycles. The number of halogens is 2.